The Bertz CT molecular complexity index is 228. The Morgan fingerprint density at radius 3 is 2.47 bits per heavy atom. The minimum atomic E-state index is 0.0851. The monoisotopic (exact) mass is 212 g/mol. The van der Waals surface area contributed by atoms with Crippen molar-refractivity contribution in [3.05, 3.63) is 0 Å². The molecule has 0 spiro atoms. The fourth-order valence-corrected chi connectivity index (χ4v) is 2.09. The van der Waals surface area contributed by atoms with E-state index >= 15 is 0 Å². The molecule has 1 amide bonds. The maximum atomic E-state index is 11.6. The second-order valence-corrected chi connectivity index (χ2v) is 5.10. The molecule has 1 aliphatic heterocycles. The molecule has 15 heavy (non-hydrogen) atoms. The first-order valence-electron chi connectivity index (χ1n) is 5.95. The number of likely N-dealkylation sites (tertiary alicyclic amines) is 1. The van der Waals surface area contributed by atoms with Crippen LogP contribution in [-0.4, -0.2) is 36.0 Å². The van der Waals surface area contributed by atoms with Crippen LogP contribution in [0.4, 0.5) is 0 Å². The van der Waals surface area contributed by atoms with Gasteiger partial charge in [0.2, 0.25) is 5.91 Å². The second kappa shape index (κ2) is 4.97. The van der Waals surface area contributed by atoms with Crippen LogP contribution in [0.2, 0.25) is 0 Å². The van der Waals surface area contributed by atoms with Crippen LogP contribution >= 0.6 is 0 Å². The molecule has 1 N–H and O–H groups in total. The number of carbonyl (C=O) groups is 1. The number of nitrogens with zero attached hydrogens (tertiary/aromatic N) is 1. The lowest BCUT2D eigenvalue weighted by Gasteiger charge is -2.41. The Morgan fingerprint density at radius 1 is 1.33 bits per heavy atom. The van der Waals surface area contributed by atoms with Crippen molar-refractivity contribution in [2.24, 2.45) is 5.92 Å². The molecular weight excluding hydrogens is 188 g/mol. The van der Waals surface area contributed by atoms with E-state index in [0.717, 1.165) is 6.42 Å². The van der Waals surface area contributed by atoms with Crippen molar-refractivity contribution in [3.8, 4) is 0 Å². The number of carbonyl (C=O) groups excluding carboxylic acids is 1. The fourth-order valence-electron chi connectivity index (χ4n) is 2.09. The smallest absolute Gasteiger partial charge is 0.222 e. The van der Waals surface area contributed by atoms with Crippen LogP contribution in [0.3, 0.4) is 0 Å². The lowest BCUT2D eigenvalue weighted by molar-refractivity contribution is -0.125. The Kier molecular flexibility index (Phi) is 4.14. The quantitative estimate of drug-likeness (QED) is 0.754. The van der Waals surface area contributed by atoms with Crippen molar-refractivity contribution < 1.29 is 4.79 Å². The van der Waals surface area contributed by atoms with Gasteiger partial charge in [0.1, 0.15) is 0 Å². The summed E-state index contributed by atoms with van der Waals surface area (Å²) in [5, 5.41) is 3.14. The Morgan fingerprint density at radius 2 is 1.93 bits per heavy atom. The summed E-state index contributed by atoms with van der Waals surface area (Å²) in [5.41, 5.74) is 0. The van der Waals surface area contributed by atoms with Crippen molar-refractivity contribution in [2.45, 2.75) is 58.7 Å². The first-order valence-corrected chi connectivity index (χ1v) is 5.95. The summed E-state index contributed by atoms with van der Waals surface area (Å²) in [7, 11) is 2.14. The van der Waals surface area contributed by atoms with Crippen LogP contribution in [-0.2, 0) is 4.79 Å². The summed E-state index contributed by atoms with van der Waals surface area (Å²) in [6, 6.07) is 1.39. The topological polar surface area (TPSA) is 32.3 Å². The first kappa shape index (κ1) is 12.5. The van der Waals surface area contributed by atoms with Gasteiger partial charge in [-0.1, -0.05) is 13.8 Å². The molecule has 3 nitrogen and oxygen atoms in total. The minimum absolute atomic E-state index is 0.0851. The SMILES string of the molecule is CC(C)C(=O)NC1CCC(C)N(C)C1C. The summed E-state index contributed by atoms with van der Waals surface area (Å²) in [6.07, 6.45) is 2.27. The highest BCUT2D eigenvalue weighted by molar-refractivity contribution is 5.78. The molecule has 0 aromatic rings. The average molecular weight is 212 g/mol. The van der Waals surface area contributed by atoms with Gasteiger partial charge in [-0.2, -0.15) is 0 Å². The highest BCUT2D eigenvalue weighted by Gasteiger charge is 2.30. The predicted molar refractivity (Wildman–Crippen MR) is 62.7 cm³/mol. The van der Waals surface area contributed by atoms with Crippen molar-refractivity contribution in [1.82, 2.24) is 10.2 Å². The Labute approximate surface area is 93.2 Å². The predicted octanol–water partition coefficient (Wildman–Crippen LogP) is 1.63. The average Bonchev–Trinajstić information content (AvgIpc) is 2.18. The maximum absolute atomic E-state index is 11.6. The van der Waals surface area contributed by atoms with Gasteiger partial charge in [0.05, 0.1) is 0 Å². The van der Waals surface area contributed by atoms with Crippen molar-refractivity contribution in [1.29, 1.82) is 0 Å². The number of amides is 1. The Hall–Kier alpha value is -0.570. The molecule has 1 heterocycles. The Balaban J connectivity index is 2.53. The zero-order chi connectivity index (χ0) is 11.6. The van der Waals surface area contributed by atoms with Crippen LogP contribution in [0.25, 0.3) is 0 Å². The molecule has 0 bridgehead atoms. The number of hydrogen-bond donors (Lipinski definition) is 1. The van der Waals surface area contributed by atoms with E-state index in [-0.39, 0.29) is 11.8 Å². The van der Waals surface area contributed by atoms with Crippen LogP contribution < -0.4 is 5.32 Å². The normalized spacial score (nSPS) is 33.1. The highest BCUT2D eigenvalue weighted by atomic mass is 16.1. The van der Waals surface area contributed by atoms with Crippen LogP contribution in [0.15, 0.2) is 0 Å². The third-order valence-electron chi connectivity index (χ3n) is 3.67. The van der Waals surface area contributed by atoms with E-state index in [4.69, 9.17) is 0 Å². The van der Waals surface area contributed by atoms with Gasteiger partial charge in [-0.05, 0) is 33.7 Å². The molecule has 3 unspecified atom stereocenters. The third kappa shape index (κ3) is 2.94. The standard InChI is InChI=1S/C12H24N2O/c1-8(2)12(15)13-11-7-6-9(3)14(5)10(11)4/h8-11H,6-7H2,1-5H3,(H,13,15). The van der Waals surface area contributed by atoms with Crippen molar-refractivity contribution in [2.75, 3.05) is 7.05 Å². The number of piperidine rings is 1. The molecule has 1 rings (SSSR count). The molecule has 88 valence electrons. The summed E-state index contributed by atoms with van der Waals surface area (Å²) < 4.78 is 0. The molecule has 0 aromatic carbocycles. The van der Waals surface area contributed by atoms with E-state index in [2.05, 4.69) is 31.1 Å². The number of hydrogen-bond acceptors (Lipinski definition) is 2. The van der Waals surface area contributed by atoms with Gasteiger partial charge < -0.3 is 5.32 Å². The molecular formula is C12H24N2O. The first-order chi connectivity index (χ1) is 6.93. The number of nitrogens with one attached hydrogen (secondary N) is 1. The van der Waals surface area contributed by atoms with E-state index in [9.17, 15) is 4.79 Å². The molecule has 1 aliphatic rings. The summed E-state index contributed by atoms with van der Waals surface area (Å²) >= 11 is 0. The van der Waals surface area contributed by atoms with Gasteiger partial charge in [-0.15, -0.1) is 0 Å². The zero-order valence-corrected chi connectivity index (χ0v) is 10.6. The van der Waals surface area contributed by atoms with E-state index in [0.29, 0.717) is 18.1 Å². The van der Waals surface area contributed by atoms with E-state index in [1.807, 2.05) is 13.8 Å². The van der Waals surface area contributed by atoms with Crippen molar-refractivity contribution in [3.63, 3.8) is 0 Å². The molecule has 3 atom stereocenters. The summed E-state index contributed by atoms with van der Waals surface area (Å²) in [4.78, 5) is 14.0. The fraction of sp³-hybridized carbons (Fsp3) is 0.917. The largest absolute Gasteiger partial charge is 0.352 e. The second-order valence-electron chi connectivity index (χ2n) is 5.10. The molecule has 1 fully saturated rings. The van der Waals surface area contributed by atoms with Gasteiger partial charge in [-0.25, -0.2) is 0 Å². The van der Waals surface area contributed by atoms with Gasteiger partial charge >= 0.3 is 0 Å². The van der Waals surface area contributed by atoms with E-state index in [1.54, 1.807) is 0 Å². The van der Waals surface area contributed by atoms with Crippen LogP contribution in [0.5, 0.6) is 0 Å². The van der Waals surface area contributed by atoms with E-state index < -0.39 is 0 Å². The molecule has 0 radical (unpaired) electrons. The summed E-state index contributed by atoms with van der Waals surface area (Å²) in [5.74, 6) is 0.261. The lowest BCUT2D eigenvalue weighted by atomic mass is 9.93. The van der Waals surface area contributed by atoms with Crippen LogP contribution in [0.1, 0.15) is 40.5 Å². The van der Waals surface area contributed by atoms with Crippen LogP contribution in [0, 0.1) is 5.92 Å². The van der Waals surface area contributed by atoms with Gasteiger partial charge in [0.25, 0.3) is 0 Å². The molecule has 3 heteroatoms. The number of likely N-dealkylation sites (N-methyl/N-ethyl adjacent to an activating group) is 1. The molecule has 0 aromatic heterocycles. The van der Waals surface area contributed by atoms with Gasteiger partial charge in [-0.3, -0.25) is 9.69 Å². The summed E-state index contributed by atoms with van der Waals surface area (Å²) in [6.45, 7) is 8.32. The molecule has 0 aliphatic carbocycles. The van der Waals surface area contributed by atoms with E-state index in [1.165, 1.54) is 6.42 Å². The zero-order valence-electron chi connectivity index (χ0n) is 10.6. The third-order valence-corrected chi connectivity index (χ3v) is 3.67. The number of rotatable bonds is 2. The minimum Gasteiger partial charge on any atom is -0.352 e. The molecule has 0 saturated carbocycles. The van der Waals surface area contributed by atoms with Gasteiger partial charge in [0.15, 0.2) is 0 Å². The van der Waals surface area contributed by atoms with Gasteiger partial charge in [0, 0.05) is 24.0 Å². The van der Waals surface area contributed by atoms with Crippen molar-refractivity contribution >= 4 is 5.91 Å². The lowest BCUT2D eigenvalue weighted by Crippen LogP contribution is -2.55. The highest BCUT2D eigenvalue weighted by Crippen LogP contribution is 2.21. The maximum Gasteiger partial charge on any atom is 0.222 e. The molecule has 1 saturated heterocycles.